The van der Waals surface area contributed by atoms with Gasteiger partial charge in [0.25, 0.3) is 5.91 Å². The van der Waals surface area contributed by atoms with Gasteiger partial charge in [0.15, 0.2) is 11.9 Å². The fraction of sp³-hybridized carbons (Fsp3) is 0.200. The summed E-state index contributed by atoms with van der Waals surface area (Å²) in [6, 6.07) is 16.9. The second-order valence-electron chi connectivity index (χ2n) is 5.88. The van der Waals surface area contributed by atoms with Gasteiger partial charge in [0, 0.05) is 17.3 Å². The van der Waals surface area contributed by atoms with Crippen molar-refractivity contribution >= 4 is 22.5 Å². The van der Waals surface area contributed by atoms with Gasteiger partial charge >= 0.3 is 0 Å². The number of hydrogen-bond acceptors (Lipinski definition) is 5. The fourth-order valence-corrected chi connectivity index (χ4v) is 2.75. The van der Waals surface area contributed by atoms with Crippen molar-refractivity contribution in [3.05, 3.63) is 60.8 Å². The van der Waals surface area contributed by atoms with E-state index >= 15 is 0 Å². The lowest BCUT2D eigenvalue weighted by molar-refractivity contribution is -0.142. The van der Waals surface area contributed by atoms with Gasteiger partial charge in [0.2, 0.25) is 0 Å². The van der Waals surface area contributed by atoms with Gasteiger partial charge in [-0.1, -0.05) is 18.2 Å². The number of hydrogen-bond donors (Lipinski definition) is 1. The summed E-state index contributed by atoms with van der Waals surface area (Å²) in [5, 5.41) is 3.84. The van der Waals surface area contributed by atoms with Gasteiger partial charge in [0.1, 0.15) is 11.3 Å². The Kier molecular flexibility index (Phi) is 4.77. The lowest BCUT2D eigenvalue weighted by Crippen LogP contribution is -2.39. The molecule has 6 heteroatoms. The number of nitrogens with one attached hydrogen (secondary N) is 1. The quantitative estimate of drug-likeness (QED) is 0.781. The molecule has 0 radical (unpaired) electrons. The van der Waals surface area contributed by atoms with E-state index in [2.05, 4.69) is 10.3 Å². The van der Waals surface area contributed by atoms with Gasteiger partial charge in [0.05, 0.1) is 19.8 Å². The fourth-order valence-electron chi connectivity index (χ4n) is 2.75. The topological polar surface area (TPSA) is 69.7 Å². The number of carbonyl (C=O) groups is 1. The summed E-state index contributed by atoms with van der Waals surface area (Å²) in [7, 11) is 0. The Hall–Kier alpha value is -2.96. The predicted molar refractivity (Wildman–Crippen MR) is 97.4 cm³/mol. The first kappa shape index (κ1) is 16.5. The SMILES string of the molecule is O=C(Nc1ccc(Oc2cccc3cccnc23)cc1)C1COCCO1. The van der Waals surface area contributed by atoms with Crippen LogP contribution in [0.25, 0.3) is 10.9 Å². The molecule has 0 saturated carbocycles. The maximum absolute atomic E-state index is 12.1. The van der Waals surface area contributed by atoms with Crippen LogP contribution in [0.2, 0.25) is 0 Å². The molecule has 1 aliphatic heterocycles. The smallest absolute Gasteiger partial charge is 0.255 e. The molecule has 1 saturated heterocycles. The first-order valence-electron chi connectivity index (χ1n) is 8.41. The Labute approximate surface area is 150 Å². The zero-order chi connectivity index (χ0) is 17.8. The molecule has 1 aliphatic rings. The number of amides is 1. The van der Waals surface area contributed by atoms with Crippen molar-refractivity contribution in [3.63, 3.8) is 0 Å². The molecule has 2 heterocycles. The van der Waals surface area contributed by atoms with Crippen LogP contribution in [0.5, 0.6) is 11.5 Å². The van der Waals surface area contributed by atoms with E-state index in [1.54, 1.807) is 30.5 Å². The standard InChI is InChI=1S/C20H18N2O4/c23-20(18-13-24-11-12-25-18)22-15-6-8-16(9-7-15)26-17-5-1-3-14-4-2-10-21-19(14)17/h1-10,18H,11-13H2,(H,22,23). The molecular formula is C20H18N2O4. The summed E-state index contributed by atoms with van der Waals surface area (Å²) < 4.78 is 16.6. The van der Waals surface area contributed by atoms with E-state index in [1.165, 1.54) is 0 Å². The van der Waals surface area contributed by atoms with Crippen LogP contribution in [-0.2, 0) is 14.3 Å². The van der Waals surface area contributed by atoms with E-state index in [4.69, 9.17) is 14.2 Å². The molecule has 132 valence electrons. The van der Waals surface area contributed by atoms with Crippen molar-refractivity contribution in [3.8, 4) is 11.5 Å². The number of para-hydroxylation sites is 1. The van der Waals surface area contributed by atoms with Crippen LogP contribution in [-0.4, -0.2) is 36.8 Å². The van der Waals surface area contributed by atoms with Crippen LogP contribution in [0.4, 0.5) is 5.69 Å². The van der Waals surface area contributed by atoms with E-state index in [1.807, 2.05) is 30.3 Å². The third-order valence-electron chi connectivity index (χ3n) is 4.05. The van der Waals surface area contributed by atoms with E-state index in [9.17, 15) is 4.79 Å². The number of ether oxygens (including phenoxy) is 3. The number of nitrogens with zero attached hydrogens (tertiary/aromatic N) is 1. The molecule has 0 aliphatic carbocycles. The van der Waals surface area contributed by atoms with Gasteiger partial charge in [-0.2, -0.15) is 0 Å². The van der Waals surface area contributed by atoms with Crippen LogP contribution in [0.15, 0.2) is 60.8 Å². The number of anilines is 1. The first-order chi connectivity index (χ1) is 12.8. The summed E-state index contributed by atoms with van der Waals surface area (Å²) in [6.45, 7) is 1.24. The van der Waals surface area contributed by atoms with Crippen molar-refractivity contribution in [1.29, 1.82) is 0 Å². The summed E-state index contributed by atoms with van der Waals surface area (Å²) >= 11 is 0. The third-order valence-corrected chi connectivity index (χ3v) is 4.05. The molecule has 0 spiro atoms. The Morgan fingerprint density at radius 3 is 2.73 bits per heavy atom. The molecule has 6 nitrogen and oxygen atoms in total. The largest absolute Gasteiger partial charge is 0.455 e. The minimum absolute atomic E-state index is 0.211. The van der Waals surface area contributed by atoms with Gasteiger partial charge in [-0.15, -0.1) is 0 Å². The van der Waals surface area contributed by atoms with Crippen molar-refractivity contribution in [1.82, 2.24) is 4.98 Å². The summed E-state index contributed by atoms with van der Waals surface area (Å²) in [4.78, 5) is 16.5. The second-order valence-corrected chi connectivity index (χ2v) is 5.88. The highest BCUT2D eigenvalue weighted by molar-refractivity contribution is 5.94. The van der Waals surface area contributed by atoms with E-state index in [0.29, 0.717) is 30.4 Å². The van der Waals surface area contributed by atoms with Gasteiger partial charge in [-0.05, 0) is 36.4 Å². The molecule has 4 rings (SSSR count). The summed E-state index contributed by atoms with van der Waals surface area (Å²) in [5.41, 5.74) is 1.48. The molecule has 2 aromatic carbocycles. The molecule has 1 N–H and O–H groups in total. The minimum atomic E-state index is -0.568. The van der Waals surface area contributed by atoms with Crippen LogP contribution >= 0.6 is 0 Å². The molecular weight excluding hydrogens is 332 g/mol. The number of carbonyl (C=O) groups excluding carboxylic acids is 1. The molecule has 0 bridgehead atoms. The zero-order valence-electron chi connectivity index (χ0n) is 14.1. The Morgan fingerprint density at radius 2 is 1.92 bits per heavy atom. The van der Waals surface area contributed by atoms with Crippen molar-refractivity contribution in [2.75, 3.05) is 25.1 Å². The maximum Gasteiger partial charge on any atom is 0.255 e. The lowest BCUT2D eigenvalue weighted by atomic mass is 10.2. The predicted octanol–water partition coefficient (Wildman–Crippen LogP) is 3.38. The highest BCUT2D eigenvalue weighted by Gasteiger charge is 2.22. The van der Waals surface area contributed by atoms with Crippen LogP contribution in [0.1, 0.15) is 0 Å². The molecule has 3 aromatic rings. The van der Waals surface area contributed by atoms with Crippen molar-refractivity contribution < 1.29 is 19.0 Å². The normalized spacial score (nSPS) is 17.0. The number of rotatable bonds is 4. The lowest BCUT2D eigenvalue weighted by Gasteiger charge is -2.22. The Balaban J connectivity index is 1.45. The summed E-state index contributed by atoms with van der Waals surface area (Å²) in [6.07, 6.45) is 1.17. The maximum atomic E-state index is 12.1. The highest BCUT2D eigenvalue weighted by Crippen LogP contribution is 2.28. The van der Waals surface area contributed by atoms with Crippen LogP contribution < -0.4 is 10.1 Å². The monoisotopic (exact) mass is 350 g/mol. The van der Waals surface area contributed by atoms with Crippen molar-refractivity contribution in [2.24, 2.45) is 0 Å². The number of fused-ring (bicyclic) bond motifs is 1. The van der Waals surface area contributed by atoms with Gasteiger partial charge in [-0.3, -0.25) is 9.78 Å². The Bertz CT molecular complexity index is 900. The average Bonchev–Trinajstić information content (AvgIpc) is 2.70. The second kappa shape index (κ2) is 7.51. The van der Waals surface area contributed by atoms with Crippen LogP contribution in [0, 0.1) is 0 Å². The molecule has 1 unspecified atom stereocenters. The third kappa shape index (κ3) is 3.66. The Morgan fingerprint density at radius 1 is 1.08 bits per heavy atom. The zero-order valence-corrected chi connectivity index (χ0v) is 14.1. The number of aromatic nitrogens is 1. The average molecular weight is 350 g/mol. The molecule has 1 fully saturated rings. The van der Waals surface area contributed by atoms with Gasteiger partial charge < -0.3 is 19.5 Å². The first-order valence-corrected chi connectivity index (χ1v) is 8.41. The minimum Gasteiger partial charge on any atom is -0.455 e. The molecule has 1 amide bonds. The molecule has 26 heavy (non-hydrogen) atoms. The van der Waals surface area contributed by atoms with Crippen molar-refractivity contribution in [2.45, 2.75) is 6.10 Å². The highest BCUT2D eigenvalue weighted by atomic mass is 16.6. The van der Waals surface area contributed by atoms with E-state index in [0.717, 1.165) is 10.9 Å². The number of pyridine rings is 1. The van der Waals surface area contributed by atoms with Crippen LogP contribution in [0.3, 0.4) is 0 Å². The number of benzene rings is 2. The van der Waals surface area contributed by atoms with Gasteiger partial charge in [-0.25, -0.2) is 0 Å². The molecule has 1 aromatic heterocycles. The van der Waals surface area contributed by atoms with E-state index in [-0.39, 0.29) is 12.5 Å². The summed E-state index contributed by atoms with van der Waals surface area (Å²) in [5.74, 6) is 1.14. The molecule has 1 atom stereocenters. The van der Waals surface area contributed by atoms with E-state index < -0.39 is 6.10 Å².